The second-order valence-electron chi connectivity index (χ2n) is 7.51. The third-order valence-corrected chi connectivity index (χ3v) is 5.42. The van der Waals surface area contributed by atoms with Crippen LogP contribution in [0.3, 0.4) is 0 Å². The van der Waals surface area contributed by atoms with Gasteiger partial charge >= 0.3 is 0 Å². The Morgan fingerprint density at radius 1 is 1.03 bits per heavy atom. The molecule has 5 aromatic rings. The highest BCUT2D eigenvalue weighted by Crippen LogP contribution is 2.30. The molecular formula is C23H19N7O3. The molecule has 10 nitrogen and oxygen atoms in total. The molecule has 10 heteroatoms. The zero-order valence-electron chi connectivity index (χ0n) is 17.6. The number of aryl methyl sites for hydroxylation is 1. The van der Waals surface area contributed by atoms with Crippen molar-refractivity contribution in [2.45, 2.75) is 20.1 Å². The molecule has 33 heavy (non-hydrogen) atoms. The third kappa shape index (κ3) is 3.72. The molecule has 0 aliphatic rings. The van der Waals surface area contributed by atoms with Crippen molar-refractivity contribution in [3.8, 4) is 28.3 Å². The van der Waals surface area contributed by atoms with Crippen molar-refractivity contribution >= 4 is 11.0 Å². The van der Waals surface area contributed by atoms with Crippen molar-refractivity contribution in [2.24, 2.45) is 0 Å². The number of nitrogens with one attached hydrogen (secondary N) is 1. The fourth-order valence-electron chi connectivity index (χ4n) is 3.88. The van der Waals surface area contributed by atoms with Crippen LogP contribution in [0.5, 0.6) is 5.75 Å². The van der Waals surface area contributed by atoms with Gasteiger partial charge in [-0.2, -0.15) is 5.21 Å². The Kier molecular flexibility index (Phi) is 5.11. The average molecular weight is 441 g/mol. The number of aromatic nitrogens is 7. The van der Waals surface area contributed by atoms with Gasteiger partial charge in [0.05, 0.1) is 17.6 Å². The SMILES string of the molecule is Cc1nc(CO)nc2c1c(O)cc(=O)n2Cc1ccc(-c2ccccc2-c2nn[nH]n2)cc1. The molecule has 3 N–H and O–H groups in total. The quantitative estimate of drug-likeness (QED) is 0.377. The van der Waals surface area contributed by atoms with Crippen LogP contribution < -0.4 is 5.56 Å². The monoisotopic (exact) mass is 441 g/mol. The molecule has 2 aromatic carbocycles. The van der Waals surface area contributed by atoms with Crippen LogP contribution in [-0.2, 0) is 13.2 Å². The Morgan fingerprint density at radius 3 is 2.48 bits per heavy atom. The molecule has 3 aromatic heterocycles. The van der Waals surface area contributed by atoms with E-state index in [1.54, 1.807) is 6.92 Å². The van der Waals surface area contributed by atoms with E-state index in [0.29, 0.717) is 16.9 Å². The lowest BCUT2D eigenvalue weighted by Crippen LogP contribution is -2.22. The molecule has 0 aliphatic heterocycles. The lowest BCUT2D eigenvalue weighted by atomic mass is 9.98. The van der Waals surface area contributed by atoms with Crippen molar-refractivity contribution in [3.63, 3.8) is 0 Å². The first-order chi connectivity index (χ1) is 16.0. The Balaban J connectivity index is 1.54. The van der Waals surface area contributed by atoms with Gasteiger partial charge in [0.15, 0.2) is 11.5 Å². The zero-order chi connectivity index (χ0) is 22.9. The van der Waals surface area contributed by atoms with E-state index < -0.39 is 5.56 Å². The summed E-state index contributed by atoms with van der Waals surface area (Å²) < 4.78 is 1.46. The molecule has 0 atom stereocenters. The van der Waals surface area contributed by atoms with E-state index in [-0.39, 0.29) is 30.4 Å². The Bertz CT molecular complexity index is 1510. The molecular weight excluding hydrogens is 422 g/mol. The molecule has 0 radical (unpaired) electrons. The number of aromatic hydroxyl groups is 1. The second-order valence-corrected chi connectivity index (χ2v) is 7.51. The number of H-pyrrole nitrogens is 1. The standard InChI is InChI=1S/C23H19N7O3/c1-13-21-18(32)10-20(33)30(23(21)25-19(12-31)24-13)11-14-6-8-15(9-7-14)16-4-2-3-5-17(16)22-26-28-29-27-22/h2-10,31-32H,11-12H2,1H3,(H,26,27,28,29). The van der Waals surface area contributed by atoms with Gasteiger partial charge in [-0.1, -0.05) is 48.5 Å². The molecule has 0 saturated carbocycles. The van der Waals surface area contributed by atoms with Gasteiger partial charge in [0.25, 0.3) is 5.56 Å². The van der Waals surface area contributed by atoms with E-state index in [2.05, 4.69) is 30.6 Å². The van der Waals surface area contributed by atoms with Crippen molar-refractivity contribution in [1.29, 1.82) is 0 Å². The number of rotatable bonds is 5. The predicted octanol–water partition coefficient (Wildman–Crippen LogP) is 2.19. The minimum atomic E-state index is -0.395. The Morgan fingerprint density at radius 2 is 1.79 bits per heavy atom. The summed E-state index contributed by atoms with van der Waals surface area (Å²) in [5, 5.41) is 34.4. The van der Waals surface area contributed by atoms with Gasteiger partial charge < -0.3 is 10.2 Å². The lowest BCUT2D eigenvalue weighted by Gasteiger charge is -2.13. The number of aromatic amines is 1. The van der Waals surface area contributed by atoms with E-state index in [4.69, 9.17) is 0 Å². The van der Waals surface area contributed by atoms with E-state index in [1.807, 2.05) is 48.5 Å². The highest BCUT2D eigenvalue weighted by Gasteiger charge is 2.15. The van der Waals surface area contributed by atoms with Crippen LogP contribution >= 0.6 is 0 Å². The maximum atomic E-state index is 12.7. The molecule has 0 amide bonds. The van der Waals surface area contributed by atoms with Crippen LogP contribution in [-0.4, -0.2) is 45.4 Å². The molecule has 0 spiro atoms. The van der Waals surface area contributed by atoms with Gasteiger partial charge in [0, 0.05) is 11.6 Å². The van der Waals surface area contributed by atoms with E-state index in [9.17, 15) is 15.0 Å². The van der Waals surface area contributed by atoms with Gasteiger partial charge in [0.2, 0.25) is 5.82 Å². The normalized spacial score (nSPS) is 11.2. The fraction of sp³-hybridized carbons (Fsp3) is 0.130. The molecule has 0 bridgehead atoms. The Hall–Kier alpha value is -4.44. The summed E-state index contributed by atoms with van der Waals surface area (Å²) in [6.07, 6.45) is 0. The summed E-state index contributed by atoms with van der Waals surface area (Å²) in [7, 11) is 0. The maximum absolute atomic E-state index is 12.7. The Labute approximate surface area is 187 Å². The summed E-state index contributed by atoms with van der Waals surface area (Å²) in [5.74, 6) is 0.514. The first-order valence-corrected chi connectivity index (χ1v) is 10.2. The lowest BCUT2D eigenvalue weighted by molar-refractivity contribution is 0.271. The molecule has 0 fully saturated rings. The minimum absolute atomic E-state index is 0.179. The summed E-state index contributed by atoms with van der Waals surface area (Å²) in [6.45, 7) is 1.58. The van der Waals surface area contributed by atoms with Crippen molar-refractivity contribution in [3.05, 3.63) is 82.0 Å². The van der Waals surface area contributed by atoms with E-state index in [1.165, 1.54) is 4.57 Å². The number of aliphatic hydroxyl groups excluding tert-OH is 1. The van der Waals surface area contributed by atoms with Crippen molar-refractivity contribution < 1.29 is 10.2 Å². The summed E-state index contributed by atoms with van der Waals surface area (Å²) in [4.78, 5) is 21.2. The summed E-state index contributed by atoms with van der Waals surface area (Å²) in [5.41, 5.74) is 4.01. The van der Waals surface area contributed by atoms with Gasteiger partial charge in [-0.15, -0.1) is 10.2 Å². The highest BCUT2D eigenvalue weighted by molar-refractivity contribution is 5.84. The number of hydrogen-bond donors (Lipinski definition) is 3. The number of pyridine rings is 1. The molecule has 164 valence electrons. The maximum Gasteiger partial charge on any atom is 0.256 e. The van der Waals surface area contributed by atoms with Crippen LogP contribution in [0, 0.1) is 6.92 Å². The number of nitrogens with zero attached hydrogens (tertiary/aromatic N) is 6. The van der Waals surface area contributed by atoms with Gasteiger partial charge in [-0.3, -0.25) is 9.36 Å². The molecule has 5 rings (SSSR count). The molecule has 0 unspecified atom stereocenters. The predicted molar refractivity (Wildman–Crippen MR) is 120 cm³/mol. The first-order valence-electron chi connectivity index (χ1n) is 10.2. The topological polar surface area (TPSA) is 143 Å². The number of aliphatic hydroxyl groups is 1. The summed E-state index contributed by atoms with van der Waals surface area (Å²) >= 11 is 0. The van der Waals surface area contributed by atoms with E-state index >= 15 is 0 Å². The number of benzene rings is 2. The zero-order valence-corrected chi connectivity index (χ0v) is 17.6. The van der Waals surface area contributed by atoms with Crippen molar-refractivity contribution in [1.82, 2.24) is 35.2 Å². The van der Waals surface area contributed by atoms with Gasteiger partial charge in [-0.25, -0.2) is 9.97 Å². The largest absolute Gasteiger partial charge is 0.507 e. The first kappa shape index (κ1) is 20.5. The van der Waals surface area contributed by atoms with Gasteiger partial charge in [-0.05, 0) is 28.8 Å². The molecule has 0 saturated heterocycles. The van der Waals surface area contributed by atoms with Crippen LogP contribution in [0.1, 0.15) is 17.1 Å². The third-order valence-electron chi connectivity index (χ3n) is 5.42. The molecule has 0 aliphatic carbocycles. The fourth-order valence-corrected chi connectivity index (χ4v) is 3.88. The number of hydrogen-bond acceptors (Lipinski definition) is 8. The van der Waals surface area contributed by atoms with Crippen LogP contribution in [0.2, 0.25) is 0 Å². The minimum Gasteiger partial charge on any atom is -0.507 e. The van der Waals surface area contributed by atoms with Crippen LogP contribution in [0.15, 0.2) is 59.4 Å². The van der Waals surface area contributed by atoms with Crippen LogP contribution in [0.25, 0.3) is 33.5 Å². The smallest absolute Gasteiger partial charge is 0.256 e. The number of tetrazole rings is 1. The van der Waals surface area contributed by atoms with Gasteiger partial charge in [0.1, 0.15) is 12.4 Å². The highest BCUT2D eigenvalue weighted by atomic mass is 16.3. The summed E-state index contributed by atoms with van der Waals surface area (Å²) in [6, 6.07) is 16.7. The molecule has 3 heterocycles. The van der Waals surface area contributed by atoms with Crippen LogP contribution in [0.4, 0.5) is 0 Å². The second kappa shape index (κ2) is 8.24. The number of fused-ring (bicyclic) bond motifs is 1. The average Bonchev–Trinajstić information content (AvgIpc) is 3.36. The van der Waals surface area contributed by atoms with E-state index in [0.717, 1.165) is 28.3 Å². The van der Waals surface area contributed by atoms with Crippen molar-refractivity contribution in [2.75, 3.05) is 0 Å².